The molecule has 2 nitrogen and oxygen atoms in total. The zero-order valence-electron chi connectivity index (χ0n) is 15.1. The van der Waals surface area contributed by atoms with Crippen molar-refractivity contribution < 1.29 is 4.57 Å². The molecule has 0 saturated heterocycles. The Hall–Kier alpha value is -3.57. The van der Waals surface area contributed by atoms with Gasteiger partial charge in [0.2, 0.25) is 11.9 Å². The summed E-state index contributed by atoms with van der Waals surface area (Å²) in [6.45, 7) is 0.804. The summed E-state index contributed by atoms with van der Waals surface area (Å²) >= 11 is 0. The molecule has 0 radical (unpaired) electrons. The normalized spacial score (nSPS) is 11.1. The second-order valence-corrected chi connectivity index (χ2v) is 6.57. The maximum absolute atomic E-state index is 6.19. The molecule has 0 unspecified atom stereocenters. The van der Waals surface area contributed by atoms with Crippen molar-refractivity contribution in [3.8, 4) is 12.3 Å². The van der Waals surface area contributed by atoms with Gasteiger partial charge in [-0.25, -0.2) is 9.13 Å². The van der Waals surface area contributed by atoms with Crippen LogP contribution in [0.25, 0.3) is 0 Å². The maximum atomic E-state index is 6.19. The minimum absolute atomic E-state index is 0.690. The Balaban J connectivity index is 1.82. The first-order chi connectivity index (χ1) is 13.3. The van der Waals surface area contributed by atoms with Gasteiger partial charge in [-0.1, -0.05) is 91.0 Å². The van der Waals surface area contributed by atoms with E-state index in [1.807, 2.05) is 42.5 Å². The molecule has 0 aliphatic rings. The fourth-order valence-corrected chi connectivity index (χ4v) is 3.55. The third kappa shape index (κ3) is 3.16. The van der Waals surface area contributed by atoms with Crippen LogP contribution in [-0.4, -0.2) is 4.57 Å². The molecular weight excluding hydrogens is 328 g/mol. The van der Waals surface area contributed by atoms with E-state index in [0.29, 0.717) is 0 Å². The Bertz CT molecular complexity index is 1000. The van der Waals surface area contributed by atoms with Gasteiger partial charge in [-0.15, -0.1) is 6.42 Å². The average molecular weight is 349 g/mol. The van der Waals surface area contributed by atoms with E-state index < -0.39 is 5.54 Å². The Morgan fingerprint density at radius 1 is 0.778 bits per heavy atom. The standard InChI is InChI=1S/C25H21N2/c1-2-25(23-14-8-4-9-15-23,24-16-10-5-11-17-24)27-19-18-26(21-27)20-22-12-6-3-7-13-22/h1,3-19,21H,20H2/q+1. The highest BCUT2D eigenvalue weighted by atomic mass is 15.2. The van der Waals surface area contributed by atoms with Crippen LogP contribution >= 0.6 is 0 Å². The van der Waals surface area contributed by atoms with Crippen LogP contribution in [0.4, 0.5) is 0 Å². The third-order valence-electron chi connectivity index (χ3n) is 4.88. The van der Waals surface area contributed by atoms with Crippen LogP contribution in [0, 0.1) is 12.3 Å². The summed E-state index contributed by atoms with van der Waals surface area (Å²) in [5.74, 6) is 3.09. The highest BCUT2D eigenvalue weighted by molar-refractivity contribution is 5.47. The quantitative estimate of drug-likeness (QED) is 0.376. The van der Waals surface area contributed by atoms with Crippen molar-refractivity contribution in [3.05, 3.63) is 126 Å². The van der Waals surface area contributed by atoms with Crippen molar-refractivity contribution in [3.63, 3.8) is 0 Å². The summed E-state index contributed by atoms with van der Waals surface area (Å²) < 4.78 is 4.29. The summed E-state index contributed by atoms with van der Waals surface area (Å²) in [4.78, 5) is 0. The summed E-state index contributed by atoms with van der Waals surface area (Å²) in [5, 5.41) is 0. The highest BCUT2D eigenvalue weighted by Gasteiger charge is 2.39. The summed E-state index contributed by atoms with van der Waals surface area (Å²) in [5.41, 5.74) is 2.71. The predicted molar refractivity (Wildman–Crippen MR) is 108 cm³/mol. The molecule has 130 valence electrons. The Labute approximate surface area is 160 Å². The summed E-state index contributed by atoms with van der Waals surface area (Å²) in [6.07, 6.45) is 12.4. The molecule has 0 aliphatic carbocycles. The minimum atomic E-state index is -0.690. The van der Waals surface area contributed by atoms with Crippen LogP contribution in [0.1, 0.15) is 16.7 Å². The largest absolute Gasteiger partial charge is 0.245 e. The molecule has 0 N–H and O–H groups in total. The van der Waals surface area contributed by atoms with Crippen molar-refractivity contribution in [2.24, 2.45) is 0 Å². The average Bonchev–Trinajstić information content (AvgIpc) is 3.20. The molecule has 3 aromatic carbocycles. The molecule has 4 rings (SSSR count). The lowest BCUT2D eigenvalue weighted by molar-refractivity contribution is -0.688. The SMILES string of the molecule is C#CC(c1ccccc1)(c1ccccc1)n1cc[n+](Cc2ccccc2)c1. The molecule has 0 aliphatic heterocycles. The van der Waals surface area contributed by atoms with Gasteiger partial charge in [0.05, 0.1) is 0 Å². The van der Waals surface area contributed by atoms with E-state index in [4.69, 9.17) is 6.42 Å². The molecule has 2 heteroatoms. The Kier molecular flexibility index (Phi) is 4.60. The van der Waals surface area contributed by atoms with Crippen molar-refractivity contribution >= 4 is 0 Å². The van der Waals surface area contributed by atoms with Gasteiger partial charge in [0, 0.05) is 11.1 Å². The van der Waals surface area contributed by atoms with Crippen molar-refractivity contribution in [2.45, 2.75) is 12.1 Å². The topological polar surface area (TPSA) is 8.81 Å². The lowest BCUT2D eigenvalue weighted by atomic mass is 9.83. The number of aromatic nitrogens is 2. The lowest BCUT2D eigenvalue weighted by Gasteiger charge is -2.26. The van der Waals surface area contributed by atoms with Crippen molar-refractivity contribution in [1.29, 1.82) is 0 Å². The van der Waals surface area contributed by atoms with Gasteiger partial charge >= 0.3 is 0 Å². The fraction of sp³-hybridized carbons (Fsp3) is 0.0800. The van der Waals surface area contributed by atoms with Crippen LogP contribution in [-0.2, 0) is 12.1 Å². The molecule has 1 aromatic heterocycles. The molecule has 0 amide bonds. The molecule has 0 atom stereocenters. The first kappa shape index (κ1) is 16.9. The number of terminal acetylenes is 1. The van der Waals surface area contributed by atoms with Gasteiger partial charge in [-0.05, 0) is 11.5 Å². The molecular formula is C25H21N2+. The first-order valence-corrected chi connectivity index (χ1v) is 9.03. The van der Waals surface area contributed by atoms with Crippen LogP contribution < -0.4 is 4.57 Å². The van der Waals surface area contributed by atoms with Gasteiger partial charge in [-0.3, -0.25) is 0 Å². The van der Waals surface area contributed by atoms with Gasteiger partial charge < -0.3 is 0 Å². The molecule has 0 saturated carbocycles. The lowest BCUT2D eigenvalue weighted by Crippen LogP contribution is -2.37. The van der Waals surface area contributed by atoms with E-state index in [9.17, 15) is 0 Å². The zero-order valence-corrected chi connectivity index (χ0v) is 15.1. The van der Waals surface area contributed by atoms with Crippen molar-refractivity contribution in [1.82, 2.24) is 4.57 Å². The van der Waals surface area contributed by atoms with Gasteiger partial charge in [0.25, 0.3) is 0 Å². The van der Waals surface area contributed by atoms with Crippen molar-refractivity contribution in [2.75, 3.05) is 0 Å². The molecule has 1 heterocycles. The number of nitrogens with zero attached hydrogens (tertiary/aromatic N) is 2. The maximum Gasteiger partial charge on any atom is 0.245 e. The van der Waals surface area contributed by atoms with E-state index in [1.165, 1.54) is 5.56 Å². The molecule has 4 aromatic rings. The summed E-state index contributed by atoms with van der Waals surface area (Å²) in [7, 11) is 0. The Morgan fingerprint density at radius 2 is 1.30 bits per heavy atom. The monoisotopic (exact) mass is 349 g/mol. The van der Waals surface area contributed by atoms with Crippen LogP contribution in [0.5, 0.6) is 0 Å². The van der Waals surface area contributed by atoms with Gasteiger partial charge in [0.15, 0.2) is 0 Å². The Morgan fingerprint density at radius 3 is 1.81 bits per heavy atom. The minimum Gasteiger partial charge on any atom is -0.233 e. The predicted octanol–water partition coefficient (Wildman–Crippen LogP) is 4.25. The van der Waals surface area contributed by atoms with E-state index in [0.717, 1.165) is 17.7 Å². The van der Waals surface area contributed by atoms with Gasteiger partial charge in [-0.2, -0.15) is 0 Å². The molecule has 0 bridgehead atoms. The number of hydrogen-bond acceptors (Lipinski definition) is 0. The second kappa shape index (κ2) is 7.35. The number of rotatable bonds is 5. The van der Waals surface area contributed by atoms with E-state index in [1.54, 1.807) is 0 Å². The molecule has 0 spiro atoms. The highest BCUT2D eigenvalue weighted by Crippen LogP contribution is 2.33. The smallest absolute Gasteiger partial charge is 0.233 e. The van der Waals surface area contributed by atoms with E-state index in [2.05, 4.69) is 82.3 Å². The molecule has 27 heavy (non-hydrogen) atoms. The number of imidazole rings is 1. The second-order valence-electron chi connectivity index (χ2n) is 6.57. The first-order valence-electron chi connectivity index (χ1n) is 9.03. The third-order valence-corrected chi connectivity index (χ3v) is 4.88. The van der Waals surface area contributed by atoms with Crippen LogP contribution in [0.2, 0.25) is 0 Å². The fourth-order valence-electron chi connectivity index (χ4n) is 3.55. The number of benzene rings is 3. The number of hydrogen-bond donors (Lipinski definition) is 0. The molecule has 0 fully saturated rings. The van der Waals surface area contributed by atoms with E-state index >= 15 is 0 Å². The van der Waals surface area contributed by atoms with Gasteiger partial charge in [0.1, 0.15) is 18.9 Å². The summed E-state index contributed by atoms with van der Waals surface area (Å²) in [6, 6.07) is 31.0. The van der Waals surface area contributed by atoms with E-state index in [-0.39, 0.29) is 0 Å². The van der Waals surface area contributed by atoms with Crippen LogP contribution in [0.15, 0.2) is 110 Å². The van der Waals surface area contributed by atoms with Crippen LogP contribution in [0.3, 0.4) is 0 Å². The zero-order chi connectivity index (χ0) is 18.5.